The summed E-state index contributed by atoms with van der Waals surface area (Å²) in [5, 5.41) is 13.5. The zero-order chi connectivity index (χ0) is 27.0. The third-order valence-corrected chi connectivity index (χ3v) is 6.51. The lowest BCUT2D eigenvalue weighted by atomic mass is 9.95. The Kier molecular flexibility index (Phi) is 9.29. The summed E-state index contributed by atoms with van der Waals surface area (Å²) < 4.78 is 16.8. The van der Waals surface area contributed by atoms with E-state index in [9.17, 15) is 19.7 Å². The van der Waals surface area contributed by atoms with Crippen LogP contribution >= 0.6 is 11.3 Å². The Bertz CT molecular complexity index is 1210. The van der Waals surface area contributed by atoms with E-state index in [1.165, 1.54) is 25.7 Å². The highest BCUT2D eigenvalue weighted by molar-refractivity contribution is 7.10. The summed E-state index contributed by atoms with van der Waals surface area (Å²) in [4.78, 5) is 42.0. The van der Waals surface area contributed by atoms with Gasteiger partial charge in [-0.25, -0.2) is 4.79 Å². The summed E-state index contributed by atoms with van der Waals surface area (Å²) in [5.74, 6) is -0.0375. The summed E-state index contributed by atoms with van der Waals surface area (Å²) in [6.45, 7) is 4.09. The fourth-order valence-corrected chi connectivity index (χ4v) is 4.22. The third-order valence-electron chi connectivity index (χ3n) is 5.54. The van der Waals surface area contributed by atoms with Crippen LogP contribution in [0.3, 0.4) is 0 Å². The maximum Gasteiger partial charge on any atom is 0.412 e. The van der Waals surface area contributed by atoms with Crippen molar-refractivity contribution in [1.29, 1.82) is 0 Å². The Morgan fingerprint density at radius 3 is 2.51 bits per heavy atom. The first kappa shape index (κ1) is 27.7. The van der Waals surface area contributed by atoms with Gasteiger partial charge < -0.3 is 23.9 Å². The largest absolute Gasteiger partial charge is 0.484 e. The van der Waals surface area contributed by atoms with Gasteiger partial charge in [0, 0.05) is 37.2 Å². The van der Waals surface area contributed by atoms with Gasteiger partial charge in [0.2, 0.25) is 6.29 Å². The van der Waals surface area contributed by atoms with Crippen molar-refractivity contribution in [2.75, 3.05) is 20.2 Å². The molecule has 0 saturated carbocycles. The SMILES string of the molecule is CC(OC(=O)N(C)CC[C@H](Oc1cccc2ccccc12)c1cccs1)OC(=O)C(C)(C)CO[N+](=O)[O-]. The molecular formula is C26H30N2O8S. The van der Waals surface area contributed by atoms with E-state index in [4.69, 9.17) is 14.2 Å². The van der Waals surface area contributed by atoms with Gasteiger partial charge in [-0.05, 0) is 36.7 Å². The van der Waals surface area contributed by atoms with Gasteiger partial charge in [-0.1, -0.05) is 42.5 Å². The average molecular weight is 531 g/mol. The number of nitrogens with zero attached hydrogens (tertiary/aromatic N) is 2. The van der Waals surface area contributed by atoms with Crippen molar-refractivity contribution in [3.8, 4) is 5.75 Å². The van der Waals surface area contributed by atoms with E-state index in [2.05, 4.69) is 4.84 Å². The molecule has 1 amide bonds. The van der Waals surface area contributed by atoms with E-state index in [-0.39, 0.29) is 6.10 Å². The average Bonchev–Trinajstić information content (AvgIpc) is 3.40. The summed E-state index contributed by atoms with van der Waals surface area (Å²) in [7, 11) is 1.58. The molecule has 1 aromatic heterocycles. The highest BCUT2D eigenvalue weighted by Gasteiger charge is 2.33. The Labute approximate surface area is 218 Å². The Hall–Kier alpha value is -3.86. The van der Waals surface area contributed by atoms with Gasteiger partial charge in [-0.15, -0.1) is 21.5 Å². The number of thiophene rings is 1. The fourth-order valence-electron chi connectivity index (χ4n) is 3.43. The fraction of sp³-hybridized carbons (Fsp3) is 0.385. The molecule has 0 aliphatic heterocycles. The maximum atomic E-state index is 12.6. The highest BCUT2D eigenvalue weighted by Crippen LogP contribution is 2.33. The molecule has 10 nitrogen and oxygen atoms in total. The first-order valence-corrected chi connectivity index (χ1v) is 12.5. The van der Waals surface area contributed by atoms with Crippen molar-refractivity contribution in [2.24, 2.45) is 5.41 Å². The molecule has 1 heterocycles. The van der Waals surface area contributed by atoms with Gasteiger partial charge in [-0.3, -0.25) is 4.79 Å². The standard InChI is InChI=1S/C26H30N2O8S/c1-18(34-24(29)26(2,3)17-33-28(31)32)35-25(30)27(4)15-14-22(23-13-8-16-37-23)36-21-12-7-10-19-9-5-6-11-20(19)21/h5-13,16,18,22H,14-15,17H2,1-4H3/t18?,22-/m0/s1. The smallest absolute Gasteiger partial charge is 0.412 e. The molecule has 0 radical (unpaired) electrons. The van der Waals surface area contributed by atoms with Gasteiger partial charge in [0.05, 0.1) is 5.41 Å². The first-order chi connectivity index (χ1) is 17.6. The Balaban J connectivity index is 1.58. The zero-order valence-corrected chi connectivity index (χ0v) is 21.9. The number of ether oxygens (including phenoxy) is 3. The van der Waals surface area contributed by atoms with Crippen LogP contribution in [0.25, 0.3) is 10.8 Å². The molecule has 0 aliphatic rings. The lowest BCUT2D eigenvalue weighted by molar-refractivity contribution is -0.760. The van der Waals surface area contributed by atoms with E-state index in [0.29, 0.717) is 13.0 Å². The van der Waals surface area contributed by atoms with Crippen molar-refractivity contribution >= 4 is 34.2 Å². The van der Waals surface area contributed by atoms with E-state index < -0.39 is 35.5 Å². The molecule has 0 fully saturated rings. The van der Waals surface area contributed by atoms with Gasteiger partial charge in [0.25, 0.3) is 5.09 Å². The molecule has 0 saturated heterocycles. The summed E-state index contributed by atoms with van der Waals surface area (Å²) >= 11 is 1.57. The number of amides is 1. The first-order valence-electron chi connectivity index (χ1n) is 11.6. The zero-order valence-electron chi connectivity index (χ0n) is 21.1. The van der Waals surface area contributed by atoms with Crippen LogP contribution in [0.1, 0.15) is 38.2 Å². The predicted molar refractivity (Wildman–Crippen MR) is 138 cm³/mol. The van der Waals surface area contributed by atoms with E-state index >= 15 is 0 Å². The minimum absolute atomic E-state index is 0.293. The molecule has 0 aliphatic carbocycles. The van der Waals surface area contributed by atoms with Gasteiger partial charge in [0.1, 0.15) is 18.5 Å². The normalized spacial score (nSPS) is 12.9. The molecule has 3 rings (SSSR count). The predicted octanol–water partition coefficient (Wildman–Crippen LogP) is 5.60. The van der Waals surface area contributed by atoms with Crippen LogP contribution in [0.5, 0.6) is 5.75 Å². The third kappa shape index (κ3) is 7.81. The minimum Gasteiger partial charge on any atom is -0.484 e. The Morgan fingerprint density at radius 1 is 1.08 bits per heavy atom. The lowest BCUT2D eigenvalue weighted by Crippen LogP contribution is -2.38. The van der Waals surface area contributed by atoms with Crippen LogP contribution in [-0.4, -0.2) is 48.5 Å². The number of carbonyl (C=O) groups is 2. The second-order valence-electron chi connectivity index (χ2n) is 9.05. The number of hydrogen-bond donors (Lipinski definition) is 0. The molecule has 11 heteroatoms. The second kappa shape index (κ2) is 12.4. The number of esters is 1. The van der Waals surface area contributed by atoms with Gasteiger partial charge in [-0.2, -0.15) is 0 Å². The van der Waals surface area contributed by atoms with E-state index in [1.54, 1.807) is 18.4 Å². The molecule has 0 bridgehead atoms. The molecule has 1 unspecified atom stereocenters. The van der Waals surface area contributed by atoms with Crippen LogP contribution in [0.2, 0.25) is 0 Å². The summed E-state index contributed by atoms with van der Waals surface area (Å²) in [6.07, 6.45) is -1.68. The maximum absolute atomic E-state index is 12.6. The molecule has 0 N–H and O–H groups in total. The summed E-state index contributed by atoms with van der Waals surface area (Å²) in [5.41, 5.74) is -1.30. The molecular weight excluding hydrogens is 500 g/mol. The quantitative estimate of drug-likeness (QED) is 0.128. The van der Waals surface area contributed by atoms with Crippen molar-refractivity contribution in [3.05, 3.63) is 75.0 Å². The number of benzene rings is 2. The lowest BCUT2D eigenvalue weighted by Gasteiger charge is -2.26. The van der Waals surface area contributed by atoms with Crippen molar-refractivity contribution in [2.45, 2.75) is 39.6 Å². The molecule has 0 spiro atoms. The monoisotopic (exact) mass is 530 g/mol. The van der Waals surface area contributed by atoms with Crippen molar-refractivity contribution in [1.82, 2.24) is 4.90 Å². The van der Waals surface area contributed by atoms with Crippen LogP contribution in [0.4, 0.5) is 4.79 Å². The summed E-state index contributed by atoms with van der Waals surface area (Å²) in [6, 6.07) is 17.8. The number of hydrogen-bond acceptors (Lipinski definition) is 9. The number of fused-ring (bicyclic) bond motifs is 1. The van der Waals surface area contributed by atoms with Gasteiger partial charge in [0.15, 0.2) is 0 Å². The van der Waals surface area contributed by atoms with Crippen molar-refractivity contribution in [3.63, 3.8) is 0 Å². The van der Waals surface area contributed by atoms with Crippen LogP contribution < -0.4 is 4.74 Å². The van der Waals surface area contributed by atoms with Crippen LogP contribution in [0, 0.1) is 15.5 Å². The molecule has 2 atom stereocenters. The molecule has 2 aromatic carbocycles. The van der Waals surface area contributed by atoms with E-state index in [0.717, 1.165) is 21.4 Å². The van der Waals surface area contributed by atoms with Crippen LogP contribution in [-0.2, 0) is 19.1 Å². The number of rotatable bonds is 12. The molecule has 37 heavy (non-hydrogen) atoms. The molecule has 198 valence electrons. The highest BCUT2D eigenvalue weighted by atomic mass is 32.1. The minimum atomic E-state index is -1.30. The van der Waals surface area contributed by atoms with Crippen molar-refractivity contribution < 1.29 is 33.7 Å². The second-order valence-corrected chi connectivity index (χ2v) is 10.0. The van der Waals surface area contributed by atoms with E-state index in [1.807, 2.05) is 60.0 Å². The number of carbonyl (C=O) groups excluding carboxylic acids is 2. The Morgan fingerprint density at radius 2 is 1.81 bits per heavy atom. The van der Waals surface area contributed by atoms with Crippen LogP contribution in [0.15, 0.2) is 60.0 Å². The van der Waals surface area contributed by atoms with Gasteiger partial charge >= 0.3 is 12.1 Å². The molecule has 3 aromatic rings. The topological polar surface area (TPSA) is 117 Å².